The molecule has 9 heteroatoms. The molecule has 114 valence electrons. The van der Waals surface area contributed by atoms with Crippen molar-refractivity contribution in [2.45, 2.75) is 0 Å². The van der Waals surface area contributed by atoms with Crippen LogP contribution >= 0.6 is 11.6 Å². The van der Waals surface area contributed by atoms with Crippen molar-refractivity contribution >= 4 is 29.0 Å². The van der Waals surface area contributed by atoms with Gasteiger partial charge in [0, 0.05) is 19.3 Å². The summed E-state index contributed by atoms with van der Waals surface area (Å²) >= 11 is 5.70. The van der Waals surface area contributed by atoms with E-state index in [0.29, 0.717) is 37.8 Å². The lowest BCUT2D eigenvalue weighted by molar-refractivity contribution is 0.102. The van der Waals surface area contributed by atoms with E-state index < -0.39 is 5.91 Å². The molecule has 0 spiro atoms. The molecule has 1 N–H and O–H groups in total. The Balaban J connectivity index is 1.81. The fourth-order valence-electron chi connectivity index (χ4n) is 2.09. The first-order valence-electron chi connectivity index (χ1n) is 6.66. The number of nitrogens with zero attached hydrogens (tertiary/aromatic N) is 5. The molecule has 1 aliphatic rings. The van der Waals surface area contributed by atoms with Gasteiger partial charge in [0.15, 0.2) is 5.82 Å². The lowest BCUT2D eigenvalue weighted by Crippen LogP contribution is -2.37. The van der Waals surface area contributed by atoms with Gasteiger partial charge in [0.1, 0.15) is 17.7 Å². The maximum absolute atomic E-state index is 12.2. The monoisotopic (exact) mass is 320 g/mol. The van der Waals surface area contributed by atoms with Gasteiger partial charge >= 0.3 is 0 Å². The van der Waals surface area contributed by atoms with Gasteiger partial charge in [-0.3, -0.25) is 4.79 Å². The van der Waals surface area contributed by atoms with Crippen molar-refractivity contribution in [3.05, 3.63) is 35.8 Å². The van der Waals surface area contributed by atoms with Gasteiger partial charge < -0.3 is 15.0 Å². The fraction of sp³-hybridized carbons (Fsp3) is 0.308. The van der Waals surface area contributed by atoms with E-state index in [1.165, 1.54) is 18.6 Å². The summed E-state index contributed by atoms with van der Waals surface area (Å²) in [6, 6.07) is 1.49. The number of rotatable bonds is 3. The standard InChI is InChI=1S/C13H13ClN6O2/c14-13-16-2-1-9(19-13)12(21)18-10-7-15-8-17-11(10)20-3-5-22-6-4-20/h1-2,7-8H,3-6H2,(H,18,21). The maximum Gasteiger partial charge on any atom is 0.274 e. The van der Waals surface area contributed by atoms with Crippen LogP contribution in [0.4, 0.5) is 11.5 Å². The van der Waals surface area contributed by atoms with Gasteiger partial charge in [-0.1, -0.05) is 0 Å². The van der Waals surface area contributed by atoms with Crippen LogP contribution in [0.2, 0.25) is 5.28 Å². The van der Waals surface area contributed by atoms with Crippen molar-refractivity contribution in [1.82, 2.24) is 19.9 Å². The summed E-state index contributed by atoms with van der Waals surface area (Å²) in [7, 11) is 0. The number of morpholine rings is 1. The molecule has 3 rings (SSSR count). The first kappa shape index (κ1) is 14.6. The number of carbonyl (C=O) groups excluding carboxylic acids is 1. The number of halogens is 1. The fourth-order valence-corrected chi connectivity index (χ4v) is 2.23. The number of hydrogen-bond donors (Lipinski definition) is 1. The van der Waals surface area contributed by atoms with E-state index in [9.17, 15) is 4.79 Å². The zero-order valence-electron chi connectivity index (χ0n) is 11.6. The highest BCUT2D eigenvalue weighted by atomic mass is 35.5. The second kappa shape index (κ2) is 6.63. The van der Waals surface area contributed by atoms with Crippen LogP contribution in [0.1, 0.15) is 10.5 Å². The van der Waals surface area contributed by atoms with E-state index in [1.54, 1.807) is 6.20 Å². The van der Waals surface area contributed by atoms with Crippen LogP contribution in [0, 0.1) is 0 Å². The molecule has 22 heavy (non-hydrogen) atoms. The molecule has 2 aromatic rings. The van der Waals surface area contributed by atoms with E-state index in [-0.39, 0.29) is 11.0 Å². The Kier molecular flexibility index (Phi) is 4.40. The predicted octanol–water partition coefficient (Wildman–Crippen LogP) is 1.01. The van der Waals surface area contributed by atoms with Gasteiger partial charge in [-0.25, -0.2) is 19.9 Å². The number of carbonyl (C=O) groups is 1. The van der Waals surface area contributed by atoms with Crippen LogP contribution in [-0.2, 0) is 4.74 Å². The van der Waals surface area contributed by atoms with Crippen LogP contribution in [0.5, 0.6) is 0 Å². The van der Waals surface area contributed by atoms with E-state index in [2.05, 4.69) is 25.3 Å². The molecule has 0 aromatic carbocycles. The molecule has 2 aromatic heterocycles. The number of nitrogens with one attached hydrogen (secondary N) is 1. The number of hydrogen-bond acceptors (Lipinski definition) is 7. The highest BCUT2D eigenvalue weighted by Gasteiger charge is 2.18. The maximum atomic E-state index is 12.2. The minimum absolute atomic E-state index is 0.0189. The number of aromatic nitrogens is 4. The smallest absolute Gasteiger partial charge is 0.274 e. The largest absolute Gasteiger partial charge is 0.378 e. The molecular formula is C13H13ClN6O2. The molecule has 0 unspecified atom stereocenters. The van der Waals surface area contributed by atoms with Gasteiger partial charge in [-0.2, -0.15) is 0 Å². The minimum Gasteiger partial charge on any atom is -0.378 e. The molecule has 3 heterocycles. The Bertz CT molecular complexity index is 677. The Morgan fingerprint density at radius 1 is 1.32 bits per heavy atom. The first-order chi connectivity index (χ1) is 10.7. The predicted molar refractivity (Wildman–Crippen MR) is 80.1 cm³/mol. The lowest BCUT2D eigenvalue weighted by Gasteiger charge is -2.29. The van der Waals surface area contributed by atoms with Gasteiger partial charge in [0.2, 0.25) is 5.28 Å². The molecule has 8 nitrogen and oxygen atoms in total. The minimum atomic E-state index is -0.395. The summed E-state index contributed by atoms with van der Waals surface area (Å²) in [5, 5.41) is 2.77. The molecule has 0 bridgehead atoms. The Morgan fingerprint density at radius 2 is 2.14 bits per heavy atom. The molecule has 0 atom stereocenters. The van der Waals surface area contributed by atoms with E-state index in [4.69, 9.17) is 16.3 Å². The Hall–Kier alpha value is -2.32. The molecule has 0 aliphatic carbocycles. The van der Waals surface area contributed by atoms with Crippen LogP contribution < -0.4 is 10.2 Å². The van der Waals surface area contributed by atoms with E-state index >= 15 is 0 Å². The molecule has 0 radical (unpaired) electrons. The molecular weight excluding hydrogens is 308 g/mol. The third-order valence-electron chi connectivity index (χ3n) is 3.11. The molecule has 1 fully saturated rings. The van der Waals surface area contributed by atoms with Crippen molar-refractivity contribution in [2.24, 2.45) is 0 Å². The van der Waals surface area contributed by atoms with E-state index in [1.807, 2.05) is 4.90 Å². The third-order valence-corrected chi connectivity index (χ3v) is 3.29. The molecule has 1 amide bonds. The number of ether oxygens (including phenoxy) is 1. The van der Waals surface area contributed by atoms with Crippen molar-refractivity contribution in [3.63, 3.8) is 0 Å². The van der Waals surface area contributed by atoms with Crippen LogP contribution in [-0.4, -0.2) is 52.1 Å². The van der Waals surface area contributed by atoms with Gasteiger partial charge in [-0.05, 0) is 17.7 Å². The molecule has 0 saturated carbocycles. The topological polar surface area (TPSA) is 93.1 Å². The summed E-state index contributed by atoms with van der Waals surface area (Å²) in [4.78, 5) is 30.1. The summed E-state index contributed by atoms with van der Waals surface area (Å²) in [6.07, 6.45) is 4.43. The van der Waals surface area contributed by atoms with Gasteiger partial charge in [-0.15, -0.1) is 0 Å². The van der Waals surface area contributed by atoms with Crippen molar-refractivity contribution in [3.8, 4) is 0 Å². The first-order valence-corrected chi connectivity index (χ1v) is 7.04. The average molecular weight is 321 g/mol. The zero-order chi connectivity index (χ0) is 15.4. The third kappa shape index (κ3) is 3.29. The molecule has 1 aliphatic heterocycles. The van der Waals surface area contributed by atoms with Crippen LogP contribution in [0.25, 0.3) is 0 Å². The van der Waals surface area contributed by atoms with Crippen molar-refractivity contribution < 1.29 is 9.53 Å². The Morgan fingerprint density at radius 3 is 2.91 bits per heavy atom. The summed E-state index contributed by atoms with van der Waals surface area (Å²) in [6.45, 7) is 2.66. The highest BCUT2D eigenvalue weighted by molar-refractivity contribution is 6.28. The van der Waals surface area contributed by atoms with E-state index in [0.717, 1.165) is 0 Å². The second-order valence-electron chi connectivity index (χ2n) is 4.52. The van der Waals surface area contributed by atoms with Crippen molar-refractivity contribution in [2.75, 3.05) is 36.5 Å². The summed E-state index contributed by atoms with van der Waals surface area (Å²) in [5.74, 6) is 0.264. The number of amides is 1. The van der Waals surface area contributed by atoms with Gasteiger partial charge in [0.25, 0.3) is 5.91 Å². The molecule has 1 saturated heterocycles. The van der Waals surface area contributed by atoms with Crippen molar-refractivity contribution in [1.29, 1.82) is 0 Å². The zero-order valence-corrected chi connectivity index (χ0v) is 12.3. The number of anilines is 2. The highest BCUT2D eigenvalue weighted by Crippen LogP contribution is 2.23. The van der Waals surface area contributed by atoms with Crippen LogP contribution in [0.15, 0.2) is 24.8 Å². The quantitative estimate of drug-likeness (QED) is 0.843. The van der Waals surface area contributed by atoms with Crippen LogP contribution in [0.3, 0.4) is 0 Å². The normalized spacial score (nSPS) is 14.7. The van der Waals surface area contributed by atoms with Gasteiger partial charge in [0.05, 0.1) is 19.4 Å². The SMILES string of the molecule is O=C(Nc1cncnc1N1CCOCC1)c1ccnc(Cl)n1. The summed E-state index contributed by atoms with van der Waals surface area (Å²) in [5.41, 5.74) is 0.695. The summed E-state index contributed by atoms with van der Waals surface area (Å²) < 4.78 is 5.32. The average Bonchev–Trinajstić information content (AvgIpc) is 2.56. The second-order valence-corrected chi connectivity index (χ2v) is 4.86. The lowest BCUT2D eigenvalue weighted by atomic mass is 10.3. The Labute approximate surface area is 131 Å².